The van der Waals surface area contributed by atoms with E-state index in [9.17, 15) is 14.2 Å². The summed E-state index contributed by atoms with van der Waals surface area (Å²) in [5, 5.41) is 16.4. The van der Waals surface area contributed by atoms with E-state index >= 15 is 0 Å². The van der Waals surface area contributed by atoms with E-state index in [1.807, 2.05) is 0 Å². The Balaban J connectivity index is 3.37. The summed E-state index contributed by atoms with van der Waals surface area (Å²) < 4.78 is 19.7. The van der Waals surface area contributed by atoms with E-state index in [0.717, 1.165) is 0 Å². The third-order valence-electron chi connectivity index (χ3n) is 1.07. The number of hydrogen-bond acceptors (Lipinski definition) is 5. The smallest absolute Gasteiger partial charge is 0.319 e. The van der Waals surface area contributed by atoms with Crippen molar-refractivity contribution in [2.24, 2.45) is 0 Å². The molecule has 0 heterocycles. The Morgan fingerprint density at radius 1 is 1.00 bits per heavy atom. The second-order valence-corrected chi connectivity index (χ2v) is 3.31. The molecule has 0 aliphatic heterocycles. The Morgan fingerprint density at radius 2 is 1.36 bits per heavy atom. The van der Waals surface area contributed by atoms with Gasteiger partial charge in [-0.15, -0.1) is 0 Å². The molecule has 0 saturated carbocycles. The van der Waals surface area contributed by atoms with Crippen LogP contribution in [-0.4, -0.2) is 35.4 Å². The van der Waals surface area contributed by atoms with Crippen LogP contribution < -0.4 is 0 Å². The molecule has 0 aliphatic carbocycles. The Kier molecular flexibility index (Phi) is 7.00. The summed E-state index contributed by atoms with van der Waals surface area (Å²) in [5.41, 5.74) is 0. The Bertz CT molecular complexity index is 204. The van der Waals surface area contributed by atoms with Gasteiger partial charge in [-0.2, -0.15) is 0 Å². The Labute approximate surface area is 80.6 Å². The molecular weight excluding hydrogens is 215 g/mol. The molecule has 0 bridgehead atoms. The number of carboxylic acid groups (broad SMARTS) is 2. The van der Waals surface area contributed by atoms with Gasteiger partial charge in [-0.3, -0.25) is 14.2 Å². The van der Waals surface area contributed by atoms with E-state index in [1.165, 1.54) is 0 Å². The normalized spacial score (nSPS) is 10.4. The molecule has 0 fully saturated rings. The second-order valence-electron chi connectivity index (χ2n) is 2.23. The molecule has 0 rings (SSSR count). The van der Waals surface area contributed by atoms with Gasteiger partial charge in [0, 0.05) is 0 Å². The van der Waals surface area contributed by atoms with Crippen molar-refractivity contribution in [3.63, 3.8) is 0 Å². The van der Waals surface area contributed by atoms with Gasteiger partial charge in [0.2, 0.25) is 0 Å². The van der Waals surface area contributed by atoms with Gasteiger partial charge in [0.15, 0.2) is 0 Å². The van der Waals surface area contributed by atoms with Gasteiger partial charge >= 0.3 is 20.2 Å². The molecule has 0 atom stereocenters. The zero-order chi connectivity index (χ0) is 11.0. The molecule has 14 heavy (non-hydrogen) atoms. The summed E-state index contributed by atoms with van der Waals surface area (Å²) in [4.78, 5) is 20.0. The molecule has 0 aromatic heterocycles. The first kappa shape index (κ1) is 13.1. The van der Waals surface area contributed by atoms with Crippen LogP contribution in [0.25, 0.3) is 0 Å². The maximum Gasteiger partial charge on any atom is 0.319 e. The summed E-state index contributed by atoms with van der Waals surface area (Å²) in [7, 11) is -2.76. The number of aliphatic carboxylic acids is 2. The van der Waals surface area contributed by atoms with E-state index in [-0.39, 0.29) is 26.1 Å². The van der Waals surface area contributed by atoms with Crippen molar-refractivity contribution in [2.45, 2.75) is 12.8 Å². The van der Waals surface area contributed by atoms with Crippen LogP contribution in [0, 0.1) is 0 Å². The van der Waals surface area contributed by atoms with Crippen LogP contribution in [0.3, 0.4) is 0 Å². The molecular formula is C6H11O7P. The second kappa shape index (κ2) is 7.49. The fourth-order valence-corrected chi connectivity index (χ4v) is 1.11. The number of carboxylic acids is 2. The van der Waals surface area contributed by atoms with Gasteiger partial charge in [-0.1, -0.05) is 0 Å². The first-order chi connectivity index (χ1) is 6.52. The summed E-state index contributed by atoms with van der Waals surface area (Å²) in [6.07, 6.45) is -0.530. The van der Waals surface area contributed by atoms with Crippen LogP contribution in [0.4, 0.5) is 0 Å². The molecule has 8 heteroatoms. The van der Waals surface area contributed by atoms with Crippen LogP contribution in [0.15, 0.2) is 0 Å². The lowest BCUT2D eigenvalue weighted by Gasteiger charge is -2.02. The molecule has 82 valence electrons. The lowest BCUT2D eigenvalue weighted by atomic mass is 10.5. The van der Waals surface area contributed by atoms with Crippen molar-refractivity contribution in [3.05, 3.63) is 0 Å². The highest BCUT2D eigenvalue weighted by molar-refractivity contribution is 7.33. The highest BCUT2D eigenvalue weighted by Gasteiger charge is 2.03. The minimum absolute atomic E-state index is 0.208. The van der Waals surface area contributed by atoms with Gasteiger partial charge < -0.3 is 19.3 Å². The van der Waals surface area contributed by atoms with Crippen molar-refractivity contribution >= 4 is 20.2 Å². The van der Waals surface area contributed by atoms with Gasteiger partial charge in [0.25, 0.3) is 0 Å². The van der Waals surface area contributed by atoms with Crippen molar-refractivity contribution < 1.29 is 33.4 Å². The first-order valence-electron chi connectivity index (χ1n) is 3.75. The highest BCUT2D eigenvalue weighted by Crippen LogP contribution is 2.23. The van der Waals surface area contributed by atoms with Crippen LogP contribution >= 0.6 is 8.25 Å². The molecule has 2 N–H and O–H groups in total. The van der Waals surface area contributed by atoms with E-state index < -0.39 is 20.2 Å². The zero-order valence-electron chi connectivity index (χ0n) is 7.26. The Morgan fingerprint density at radius 3 is 1.64 bits per heavy atom. The standard InChI is InChI=1S/C6H11O7P/c7-5(8)1-3-12-14(11)13-4-2-6(9)10/h14H,1-4H2,(H,7,8)(H,9,10). The maximum atomic E-state index is 10.8. The van der Waals surface area contributed by atoms with Crippen molar-refractivity contribution in [2.75, 3.05) is 13.2 Å². The van der Waals surface area contributed by atoms with Gasteiger partial charge in [0.1, 0.15) is 0 Å². The zero-order valence-corrected chi connectivity index (χ0v) is 8.26. The topological polar surface area (TPSA) is 110 Å². The maximum absolute atomic E-state index is 10.8. The lowest BCUT2D eigenvalue weighted by Crippen LogP contribution is -2.01. The summed E-state index contributed by atoms with van der Waals surface area (Å²) in [6, 6.07) is 0. The molecule has 7 nitrogen and oxygen atoms in total. The van der Waals surface area contributed by atoms with Crippen molar-refractivity contribution in [1.82, 2.24) is 0 Å². The van der Waals surface area contributed by atoms with E-state index in [4.69, 9.17) is 10.2 Å². The molecule has 0 saturated heterocycles. The van der Waals surface area contributed by atoms with Gasteiger partial charge in [-0.25, -0.2) is 0 Å². The molecule has 0 spiro atoms. The van der Waals surface area contributed by atoms with E-state index in [2.05, 4.69) is 9.05 Å². The average molecular weight is 226 g/mol. The van der Waals surface area contributed by atoms with Crippen LogP contribution in [0.2, 0.25) is 0 Å². The third kappa shape index (κ3) is 9.18. The quantitative estimate of drug-likeness (QED) is 0.574. The summed E-state index contributed by atoms with van der Waals surface area (Å²) >= 11 is 0. The molecule has 0 radical (unpaired) electrons. The first-order valence-corrected chi connectivity index (χ1v) is 4.98. The van der Waals surface area contributed by atoms with E-state index in [1.54, 1.807) is 0 Å². The van der Waals surface area contributed by atoms with Crippen molar-refractivity contribution in [3.8, 4) is 0 Å². The molecule has 0 aliphatic rings. The fourth-order valence-electron chi connectivity index (χ4n) is 0.485. The third-order valence-corrected chi connectivity index (χ3v) is 1.95. The molecule has 0 aromatic carbocycles. The minimum Gasteiger partial charge on any atom is -0.481 e. The number of rotatable bonds is 8. The van der Waals surface area contributed by atoms with Crippen LogP contribution in [0.5, 0.6) is 0 Å². The van der Waals surface area contributed by atoms with E-state index in [0.29, 0.717) is 0 Å². The summed E-state index contributed by atoms with van der Waals surface area (Å²) in [5.74, 6) is -2.13. The van der Waals surface area contributed by atoms with Crippen LogP contribution in [-0.2, 0) is 23.2 Å². The predicted molar refractivity (Wildman–Crippen MR) is 45.4 cm³/mol. The molecule has 0 unspecified atom stereocenters. The van der Waals surface area contributed by atoms with Crippen LogP contribution in [0.1, 0.15) is 12.8 Å². The minimum atomic E-state index is -2.76. The SMILES string of the molecule is O=C(O)CCO[PH](=O)OCCC(=O)O. The average Bonchev–Trinajstić information content (AvgIpc) is 2.02. The lowest BCUT2D eigenvalue weighted by molar-refractivity contribution is -0.138. The molecule has 0 aromatic rings. The van der Waals surface area contributed by atoms with Gasteiger partial charge in [0.05, 0.1) is 26.1 Å². The highest BCUT2D eigenvalue weighted by atomic mass is 31.1. The number of hydrogen-bond donors (Lipinski definition) is 2. The number of carbonyl (C=O) groups is 2. The largest absolute Gasteiger partial charge is 0.481 e. The van der Waals surface area contributed by atoms with Gasteiger partial charge in [-0.05, 0) is 0 Å². The summed E-state index contributed by atoms with van der Waals surface area (Å²) in [6.45, 7) is -0.416. The monoisotopic (exact) mass is 226 g/mol. The molecule has 0 amide bonds. The Hall–Kier alpha value is -0.910. The predicted octanol–water partition coefficient (Wildman–Crippen LogP) is 0.359. The fraction of sp³-hybridized carbons (Fsp3) is 0.667. The van der Waals surface area contributed by atoms with Crippen molar-refractivity contribution in [1.29, 1.82) is 0 Å².